The van der Waals surface area contributed by atoms with Gasteiger partial charge in [0.2, 0.25) is 5.91 Å². The summed E-state index contributed by atoms with van der Waals surface area (Å²) in [5.74, 6) is 2.07. The van der Waals surface area contributed by atoms with E-state index in [2.05, 4.69) is 40.1 Å². The zero-order valence-electron chi connectivity index (χ0n) is 19.5. The van der Waals surface area contributed by atoms with Gasteiger partial charge in [0.1, 0.15) is 0 Å². The molecule has 0 aromatic carbocycles. The zero-order chi connectivity index (χ0) is 21.8. The molecule has 1 aliphatic carbocycles. The third-order valence-corrected chi connectivity index (χ3v) is 8.19. The minimum Gasteiger partial charge on any atom is -0.381 e. The number of amides is 1. The Labute approximate surface area is 187 Å². The van der Waals surface area contributed by atoms with Crippen molar-refractivity contribution >= 4 is 5.91 Å². The van der Waals surface area contributed by atoms with Crippen LogP contribution in [0.3, 0.4) is 0 Å². The molecule has 4 aliphatic rings. The van der Waals surface area contributed by atoms with Gasteiger partial charge in [-0.25, -0.2) is 5.01 Å². The number of hydrazine groups is 1. The monoisotopic (exact) mass is 436 g/mol. The number of rotatable bonds is 7. The van der Waals surface area contributed by atoms with Crippen molar-refractivity contribution in [2.75, 3.05) is 53.5 Å². The SMILES string of the molecule is CN(CCN)CC1CCCC(C2CC(C(=O)NC3CCOCC3)C3CNN(C)C3N2)C1. The Balaban J connectivity index is 1.40. The molecule has 4 rings (SSSR count). The largest absolute Gasteiger partial charge is 0.381 e. The molecule has 6 atom stereocenters. The Morgan fingerprint density at radius 3 is 2.81 bits per heavy atom. The van der Waals surface area contributed by atoms with Gasteiger partial charge in [0.05, 0.1) is 6.17 Å². The first kappa shape index (κ1) is 23.4. The van der Waals surface area contributed by atoms with E-state index in [0.717, 1.165) is 64.6 Å². The van der Waals surface area contributed by atoms with Crippen LogP contribution in [0.1, 0.15) is 44.9 Å². The molecule has 3 saturated heterocycles. The summed E-state index contributed by atoms with van der Waals surface area (Å²) in [4.78, 5) is 15.8. The number of ether oxygens (including phenoxy) is 1. The second-order valence-electron chi connectivity index (χ2n) is 10.4. The van der Waals surface area contributed by atoms with E-state index in [1.54, 1.807) is 0 Å². The number of piperidine rings is 1. The molecule has 0 radical (unpaired) electrons. The van der Waals surface area contributed by atoms with Crippen LogP contribution < -0.4 is 21.8 Å². The van der Waals surface area contributed by atoms with Crippen molar-refractivity contribution in [1.29, 1.82) is 0 Å². The van der Waals surface area contributed by atoms with Crippen LogP contribution in [0.25, 0.3) is 0 Å². The van der Waals surface area contributed by atoms with Gasteiger partial charge in [-0.15, -0.1) is 0 Å². The molecule has 3 aliphatic heterocycles. The Hall–Kier alpha value is -0.770. The van der Waals surface area contributed by atoms with Crippen LogP contribution >= 0.6 is 0 Å². The lowest BCUT2D eigenvalue weighted by Gasteiger charge is -2.45. The third-order valence-electron chi connectivity index (χ3n) is 8.19. The van der Waals surface area contributed by atoms with E-state index >= 15 is 0 Å². The second kappa shape index (κ2) is 10.9. The third kappa shape index (κ3) is 5.78. The Bertz CT molecular complexity index is 586. The Kier molecular flexibility index (Phi) is 8.22. The van der Waals surface area contributed by atoms with E-state index < -0.39 is 0 Å². The maximum Gasteiger partial charge on any atom is 0.223 e. The number of hydrogen-bond acceptors (Lipinski definition) is 7. The number of nitrogens with one attached hydrogen (secondary N) is 3. The van der Waals surface area contributed by atoms with Crippen molar-refractivity contribution in [3.8, 4) is 0 Å². The van der Waals surface area contributed by atoms with Gasteiger partial charge >= 0.3 is 0 Å². The summed E-state index contributed by atoms with van der Waals surface area (Å²) < 4.78 is 5.47. The molecule has 3 heterocycles. The second-order valence-corrected chi connectivity index (χ2v) is 10.4. The van der Waals surface area contributed by atoms with Crippen molar-refractivity contribution in [2.24, 2.45) is 29.4 Å². The molecule has 8 heteroatoms. The maximum atomic E-state index is 13.4. The van der Waals surface area contributed by atoms with E-state index in [1.807, 2.05) is 0 Å². The highest BCUT2D eigenvalue weighted by Gasteiger charge is 2.48. The van der Waals surface area contributed by atoms with Crippen molar-refractivity contribution in [3.63, 3.8) is 0 Å². The van der Waals surface area contributed by atoms with Gasteiger partial charge in [-0.2, -0.15) is 0 Å². The molecule has 1 saturated carbocycles. The molecule has 31 heavy (non-hydrogen) atoms. The van der Waals surface area contributed by atoms with E-state index in [0.29, 0.717) is 17.9 Å². The highest BCUT2D eigenvalue weighted by Crippen LogP contribution is 2.39. The minimum atomic E-state index is 0.0804. The molecule has 4 fully saturated rings. The van der Waals surface area contributed by atoms with Gasteiger partial charge in [0.25, 0.3) is 0 Å². The molecule has 8 nitrogen and oxygen atoms in total. The summed E-state index contributed by atoms with van der Waals surface area (Å²) in [6.07, 6.45) is 8.23. The fourth-order valence-electron chi connectivity index (χ4n) is 6.48. The maximum absolute atomic E-state index is 13.4. The van der Waals surface area contributed by atoms with E-state index in [9.17, 15) is 4.79 Å². The van der Waals surface area contributed by atoms with E-state index in [1.165, 1.54) is 25.7 Å². The lowest BCUT2D eigenvalue weighted by Crippen LogP contribution is -2.60. The number of nitrogens with two attached hydrogens (primary N) is 1. The summed E-state index contributed by atoms with van der Waals surface area (Å²) in [5.41, 5.74) is 9.22. The summed E-state index contributed by atoms with van der Waals surface area (Å²) >= 11 is 0. The van der Waals surface area contributed by atoms with Gasteiger partial charge in [0.15, 0.2) is 0 Å². The molecule has 0 spiro atoms. The van der Waals surface area contributed by atoms with Crippen LogP contribution in [-0.4, -0.2) is 87.6 Å². The molecule has 178 valence electrons. The van der Waals surface area contributed by atoms with Crippen LogP contribution in [0.2, 0.25) is 0 Å². The molecule has 0 bridgehead atoms. The average Bonchev–Trinajstić information content (AvgIpc) is 3.15. The lowest BCUT2D eigenvalue weighted by atomic mass is 9.71. The number of likely N-dealkylation sites (N-methyl/N-ethyl adjacent to an activating group) is 1. The summed E-state index contributed by atoms with van der Waals surface area (Å²) in [6.45, 7) is 5.24. The summed E-state index contributed by atoms with van der Waals surface area (Å²) in [5, 5.41) is 9.52. The molecule has 0 aromatic heterocycles. The van der Waals surface area contributed by atoms with E-state index in [-0.39, 0.29) is 24.0 Å². The van der Waals surface area contributed by atoms with Gasteiger partial charge in [-0.1, -0.05) is 6.42 Å². The summed E-state index contributed by atoms with van der Waals surface area (Å²) in [6, 6.07) is 0.689. The number of fused-ring (bicyclic) bond motifs is 1. The topological polar surface area (TPSA) is 94.9 Å². The summed E-state index contributed by atoms with van der Waals surface area (Å²) in [7, 11) is 4.30. The van der Waals surface area contributed by atoms with Crippen molar-refractivity contribution in [3.05, 3.63) is 0 Å². The van der Waals surface area contributed by atoms with Gasteiger partial charge < -0.3 is 20.7 Å². The first-order valence-electron chi connectivity index (χ1n) is 12.5. The predicted octanol–water partition coefficient (Wildman–Crippen LogP) is 0.349. The highest BCUT2D eigenvalue weighted by atomic mass is 16.5. The van der Waals surface area contributed by atoms with Gasteiger partial charge in [0, 0.05) is 70.4 Å². The van der Waals surface area contributed by atoms with Crippen LogP contribution in [0.5, 0.6) is 0 Å². The fourth-order valence-corrected chi connectivity index (χ4v) is 6.48. The quantitative estimate of drug-likeness (QED) is 0.457. The highest BCUT2D eigenvalue weighted by molar-refractivity contribution is 5.79. The lowest BCUT2D eigenvalue weighted by molar-refractivity contribution is -0.130. The average molecular weight is 437 g/mol. The van der Waals surface area contributed by atoms with Crippen LogP contribution in [-0.2, 0) is 9.53 Å². The first-order valence-corrected chi connectivity index (χ1v) is 12.5. The first-order chi connectivity index (χ1) is 15.0. The van der Waals surface area contributed by atoms with Crippen LogP contribution in [0, 0.1) is 23.7 Å². The molecular formula is C23H44N6O2. The van der Waals surface area contributed by atoms with E-state index in [4.69, 9.17) is 10.5 Å². The number of hydrogen-bond donors (Lipinski definition) is 4. The number of nitrogens with zero attached hydrogens (tertiary/aromatic N) is 2. The minimum absolute atomic E-state index is 0.0804. The molecular weight excluding hydrogens is 392 g/mol. The molecule has 6 unspecified atom stereocenters. The number of carbonyl (C=O) groups excluding carboxylic acids is 1. The predicted molar refractivity (Wildman–Crippen MR) is 122 cm³/mol. The smallest absolute Gasteiger partial charge is 0.223 e. The number of carbonyl (C=O) groups is 1. The van der Waals surface area contributed by atoms with Crippen molar-refractivity contribution in [1.82, 2.24) is 26.0 Å². The normalized spacial score (nSPS) is 37.7. The van der Waals surface area contributed by atoms with Gasteiger partial charge in [-0.3, -0.25) is 15.5 Å². The standard InChI is InChI=1S/C23H44N6O2/c1-28(9-8-24)15-16-4-3-5-17(12-16)21-13-19(20-14-25-29(2)22(20)27-21)23(30)26-18-6-10-31-11-7-18/h16-22,25,27H,3-15,24H2,1-2H3,(H,26,30). The molecule has 5 N–H and O–H groups in total. The van der Waals surface area contributed by atoms with Gasteiger partial charge in [-0.05, 0) is 57.4 Å². The van der Waals surface area contributed by atoms with Crippen LogP contribution in [0.15, 0.2) is 0 Å². The molecule has 1 amide bonds. The zero-order valence-corrected chi connectivity index (χ0v) is 19.5. The Morgan fingerprint density at radius 2 is 2.03 bits per heavy atom. The van der Waals surface area contributed by atoms with Crippen LogP contribution in [0.4, 0.5) is 0 Å². The van der Waals surface area contributed by atoms with Crippen molar-refractivity contribution in [2.45, 2.75) is 63.2 Å². The Morgan fingerprint density at radius 1 is 1.23 bits per heavy atom. The van der Waals surface area contributed by atoms with Crippen molar-refractivity contribution < 1.29 is 9.53 Å². The molecule has 0 aromatic rings. The fraction of sp³-hybridized carbons (Fsp3) is 0.957.